The van der Waals surface area contributed by atoms with Crippen LogP contribution in [-0.4, -0.2) is 49.6 Å². The Hall–Kier alpha value is -0.130. The van der Waals surface area contributed by atoms with E-state index in [1.165, 1.54) is 24.9 Å². The summed E-state index contributed by atoms with van der Waals surface area (Å²) in [4.78, 5) is 4.81. The number of halogens is 2. The average Bonchev–Trinajstić information content (AvgIpc) is 2.43. The molecule has 1 aliphatic heterocycles. The first kappa shape index (κ1) is 16.2. The lowest BCUT2D eigenvalue weighted by Crippen LogP contribution is -2.47. The van der Waals surface area contributed by atoms with Crippen molar-refractivity contribution in [3.8, 4) is 0 Å². The minimum absolute atomic E-state index is 0.220. The number of benzene rings is 1. The molecule has 1 saturated heterocycles. The van der Waals surface area contributed by atoms with Gasteiger partial charge in [0.1, 0.15) is 0 Å². The minimum atomic E-state index is 0.220. The van der Waals surface area contributed by atoms with Gasteiger partial charge in [0.2, 0.25) is 0 Å². The number of hydrogen-bond acceptors (Lipinski definition) is 3. The first-order chi connectivity index (χ1) is 9.52. The van der Waals surface area contributed by atoms with Crippen molar-refractivity contribution in [3.05, 3.63) is 33.3 Å². The molecule has 1 aromatic carbocycles. The molecule has 0 saturated carbocycles. The lowest BCUT2D eigenvalue weighted by Gasteiger charge is -2.40. The third kappa shape index (κ3) is 3.74. The summed E-state index contributed by atoms with van der Waals surface area (Å²) < 4.78 is 0.929. The number of rotatable bonds is 4. The number of nitrogens with zero attached hydrogens (tertiary/aromatic N) is 2. The second kappa shape index (κ2) is 7.23. The Labute approximate surface area is 135 Å². The molecule has 5 heteroatoms. The highest BCUT2D eigenvalue weighted by molar-refractivity contribution is 9.10. The quantitative estimate of drug-likeness (QED) is 0.895. The Bertz CT molecular complexity index is 455. The van der Waals surface area contributed by atoms with E-state index >= 15 is 0 Å². The van der Waals surface area contributed by atoms with Gasteiger partial charge in [0.05, 0.1) is 5.02 Å². The molecule has 2 atom stereocenters. The summed E-state index contributed by atoms with van der Waals surface area (Å²) in [5.74, 6) is 0. The predicted molar refractivity (Wildman–Crippen MR) is 89.2 cm³/mol. The molecular formula is C15H23BrClN3. The summed E-state index contributed by atoms with van der Waals surface area (Å²) in [5, 5.41) is 0.745. The molecule has 3 nitrogen and oxygen atoms in total. The molecule has 1 aliphatic rings. The summed E-state index contributed by atoms with van der Waals surface area (Å²) >= 11 is 9.65. The van der Waals surface area contributed by atoms with E-state index in [1.807, 2.05) is 12.1 Å². The fraction of sp³-hybridized carbons (Fsp3) is 0.600. The van der Waals surface area contributed by atoms with Crippen molar-refractivity contribution in [1.82, 2.24) is 9.80 Å². The molecule has 2 unspecified atom stereocenters. The molecule has 1 aromatic rings. The normalized spacial score (nSPS) is 22.2. The second-order valence-electron chi connectivity index (χ2n) is 5.65. The smallest absolute Gasteiger partial charge is 0.0551 e. The molecule has 1 heterocycles. The fourth-order valence-electron chi connectivity index (χ4n) is 2.98. The molecule has 0 spiro atoms. The van der Waals surface area contributed by atoms with Crippen LogP contribution in [0, 0.1) is 0 Å². The van der Waals surface area contributed by atoms with E-state index in [9.17, 15) is 0 Å². The molecule has 20 heavy (non-hydrogen) atoms. The SMILES string of the molecule is CN1CCCC(N(C)C(CN)c2ccc(Br)c(Cl)c2)C1. The second-order valence-corrected chi connectivity index (χ2v) is 6.91. The van der Waals surface area contributed by atoms with Gasteiger partial charge in [-0.25, -0.2) is 0 Å². The summed E-state index contributed by atoms with van der Waals surface area (Å²) in [6, 6.07) is 6.91. The van der Waals surface area contributed by atoms with Crippen LogP contribution in [0.4, 0.5) is 0 Å². The van der Waals surface area contributed by atoms with Gasteiger partial charge in [-0.2, -0.15) is 0 Å². The number of hydrogen-bond donors (Lipinski definition) is 1. The molecule has 1 fully saturated rings. The van der Waals surface area contributed by atoms with Gasteiger partial charge in [-0.3, -0.25) is 4.90 Å². The Balaban J connectivity index is 2.15. The Morgan fingerprint density at radius 2 is 2.30 bits per heavy atom. The Kier molecular flexibility index (Phi) is 5.87. The number of likely N-dealkylation sites (tertiary alicyclic amines) is 1. The van der Waals surface area contributed by atoms with Crippen LogP contribution in [0.25, 0.3) is 0 Å². The largest absolute Gasteiger partial charge is 0.329 e. The maximum atomic E-state index is 6.21. The Morgan fingerprint density at radius 1 is 1.55 bits per heavy atom. The molecule has 2 N–H and O–H groups in total. The van der Waals surface area contributed by atoms with E-state index in [0.717, 1.165) is 16.0 Å². The van der Waals surface area contributed by atoms with E-state index in [2.05, 4.69) is 45.9 Å². The minimum Gasteiger partial charge on any atom is -0.329 e. The summed E-state index contributed by atoms with van der Waals surface area (Å²) in [7, 11) is 4.37. The highest BCUT2D eigenvalue weighted by atomic mass is 79.9. The van der Waals surface area contributed by atoms with Crippen LogP contribution in [0.15, 0.2) is 22.7 Å². The first-order valence-electron chi connectivity index (χ1n) is 7.08. The van der Waals surface area contributed by atoms with E-state index in [4.69, 9.17) is 17.3 Å². The van der Waals surface area contributed by atoms with E-state index in [1.54, 1.807) is 0 Å². The highest BCUT2D eigenvalue weighted by Crippen LogP contribution is 2.29. The Morgan fingerprint density at radius 3 is 2.90 bits per heavy atom. The fourth-order valence-corrected chi connectivity index (χ4v) is 3.42. The monoisotopic (exact) mass is 359 g/mol. The molecule has 0 radical (unpaired) electrons. The van der Waals surface area contributed by atoms with Gasteiger partial charge in [-0.1, -0.05) is 17.7 Å². The van der Waals surface area contributed by atoms with Crippen molar-refractivity contribution >= 4 is 27.5 Å². The molecule has 0 aromatic heterocycles. The van der Waals surface area contributed by atoms with Gasteiger partial charge in [0.15, 0.2) is 0 Å². The predicted octanol–water partition coefficient (Wildman–Crippen LogP) is 3.13. The lowest BCUT2D eigenvalue weighted by molar-refractivity contribution is 0.101. The van der Waals surface area contributed by atoms with Gasteiger partial charge < -0.3 is 10.6 Å². The number of likely N-dealkylation sites (N-methyl/N-ethyl adjacent to an activating group) is 2. The third-order valence-corrected chi connectivity index (χ3v) is 5.45. The molecule has 112 valence electrons. The zero-order valence-electron chi connectivity index (χ0n) is 12.1. The standard InChI is InChI=1S/C15H23BrClN3/c1-19-7-3-4-12(10-19)20(2)15(9-18)11-5-6-13(16)14(17)8-11/h5-6,8,12,15H,3-4,7,9-10,18H2,1-2H3. The van der Waals surface area contributed by atoms with Crippen LogP contribution >= 0.6 is 27.5 Å². The maximum absolute atomic E-state index is 6.21. The average molecular weight is 361 g/mol. The number of piperidine rings is 1. The van der Waals surface area contributed by atoms with E-state index in [0.29, 0.717) is 12.6 Å². The van der Waals surface area contributed by atoms with Crippen LogP contribution in [0.3, 0.4) is 0 Å². The molecule has 0 aliphatic carbocycles. The number of nitrogens with two attached hydrogens (primary N) is 1. The third-order valence-electron chi connectivity index (χ3n) is 4.22. The molecular weight excluding hydrogens is 338 g/mol. The molecule has 0 amide bonds. The van der Waals surface area contributed by atoms with Crippen LogP contribution in [-0.2, 0) is 0 Å². The van der Waals surface area contributed by atoms with Gasteiger partial charge >= 0.3 is 0 Å². The first-order valence-corrected chi connectivity index (χ1v) is 8.25. The van der Waals surface area contributed by atoms with Crippen LogP contribution < -0.4 is 5.73 Å². The zero-order valence-corrected chi connectivity index (χ0v) is 14.5. The topological polar surface area (TPSA) is 32.5 Å². The van der Waals surface area contributed by atoms with Gasteiger partial charge in [0, 0.05) is 29.6 Å². The van der Waals surface area contributed by atoms with Crippen molar-refractivity contribution in [2.24, 2.45) is 5.73 Å². The summed E-state index contributed by atoms with van der Waals surface area (Å²) in [6.45, 7) is 2.91. The molecule has 0 bridgehead atoms. The van der Waals surface area contributed by atoms with Gasteiger partial charge in [0.25, 0.3) is 0 Å². The zero-order chi connectivity index (χ0) is 14.7. The molecule has 2 rings (SSSR count). The van der Waals surface area contributed by atoms with Crippen LogP contribution in [0.1, 0.15) is 24.4 Å². The van der Waals surface area contributed by atoms with Crippen molar-refractivity contribution in [3.63, 3.8) is 0 Å². The summed E-state index contributed by atoms with van der Waals surface area (Å²) in [6.07, 6.45) is 2.49. The van der Waals surface area contributed by atoms with Crippen LogP contribution in [0.5, 0.6) is 0 Å². The summed E-state index contributed by atoms with van der Waals surface area (Å²) in [5.41, 5.74) is 7.22. The highest BCUT2D eigenvalue weighted by Gasteiger charge is 2.26. The van der Waals surface area contributed by atoms with Crippen molar-refractivity contribution in [2.45, 2.75) is 24.9 Å². The van der Waals surface area contributed by atoms with Crippen molar-refractivity contribution < 1.29 is 0 Å². The van der Waals surface area contributed by atoms with Gasteiger partial charge in [-0.05, 0) is 67.1 Å². The maximum Gasteiger partial charge on any atom is 0.0551 e. The lowest BCUT2D eigenvalue weighted by atomic mass is 9.99. The van der Waals surface area contributed by atoms with Gasteiger partial charge in [-0.15, -0.1) is 0 Å². The van der Waals surface area contributed by atoms with E-state index in [-0.39, 0.29) is 6.04 Å². The van der Waals surface area contributed by atoms with E-state index < -0.39 is 0 Å². The van der Waals surface area contributed by atoms with Crippen LogP contribution in [0.2, 0.25) is 5.02 Å². The van der Waals surface area contributed by atoms with Crippen molar-refractivity contribution in [1.29, 1.82) is 0 Å². The van der Waals surface area contributed by atoms with Crippen molar-refractivity contribution in [2.75, 3.05) is 33.7 Å².